The van der Waals surface area contributed by atoms with Gasteiger partial charge in [-0.25, -0.2) is 0 Å². The van der Waals surface area contributed by atoms with Gasteiger partial charge in [0.1, 0.15) is 5.70 Å². The average molecular weight is 365 g/mol. The zero-order chi connectivity index (χ0) is 20.2. The summed E-state index contributed by atoms with van der Waals surface area (Å²) in [6.45, 7) is 8.88. The number of rotatable bonds is 6. The first-order valence-corrected chi connectivity index (χ1v) is 7.99. The van der Waals surface area contributed by atoms with Gasteiger partial charge in [0, 0.05) is 5.69 Å². The molecule has 0 aliphatic heterocycles. The van der Waals surface area contributed by atoms with Crippen LogP contribution < -0.4 is 10.6 Å². The number of benzene rings is 1. The summed E-state index contributed by atoms with van der Waals surface area (Å²) in [6, 6.07) is 7.96. The van der Waals surface area contributed by atoms with Gasteiger partial charge in [-0.3, -0.25) is 4.79 Å². The Morgan fingerprint density at radius 2 is 2.00 bits per heavy atom. The summed E-state index contributed by atoms with van der Waals surface area (Å²) in [7, 11) is 0. The molecule has 140 valence electrons. The van der Waals surface area contributed by atoms with Crippen LogP contribution in [0.15, 0.2) is 60.5 Å². The third-order valence-electron chi connectivity index (χ3n) is 2.80. The van der Waals surface area contributed by atoms with Crippen LogP contribution in [0.2, 0.25) is 0 Å². The van der Waals surface area contributed by atoms with Crippen LogP contribution in [0.1, 0.15) is 32.8 Å². The van der Waals surface area contributed by atoms with Crippen molar-refractivity contribution in [3.05, 3.63) is 66.0 Å². The SMILES string of the molecule is C=CNC(=O)/C(=C/C(=C/CC)C(F)(F)F)Nc1cccc(C#N)c1.CC. The predicted molar refractivity (Wildman–Crippen MR) is 97.0 cm³/mol. The van der Waals surface area contributed by atoms with Gasteiger partial charge in [0.25, 0.3) is 5.91 Å². The molecule has 26 heavy (non-hydrogen) atoms. The van der Waals surface area contributed by atoms with Gasteiger partial charge in [0.15, 0.2) is 0 Å². The van der Waals surface area contributed by atoms with E-state index in [0.29, 0.717) is 11.3 Å². The van der Waals surface area contributed by atoms with Gasteiger partial charge < -0.3 is 10.6 Å². The van der Waals surface area contributed by atoms with Crippen LogP contribution in [0.5, 0.6) is 0 Å². The normalized spacial score (nSPS) is 11.6. The maximum atomic E-state index is 13.0. The molecular formula is C19H22F3N3O. The lowest BCUT2D eigenvalue weighted by Crippen LogP contribution is -2.24. The molecule has 1 aromatic carbocycles. The maximum Gasteiger partial charge on any atom is 0.416 e. The lowest BCUT2D eigenvalue weighted by molar-refractivity contribution is -0.116. The lowest BCUT2D eigenvalue weighted by atomic mass is 10.1. The number of anilines is 1. The fourth-order valence-electron chi connectivity index (χ4n) is 1.78. The first-order valence-electron chi connectivity index (χ1n) is 7.99. The van der Waals surface area contributed by atoms with Crippen LogP contribution in [0.25, 0.3) is 0 Å². The van der Waals surface area contributed by atoms with Crippen LogP contribution in [0.4, 0.5) is 18.9 Å². The number of nitrogens with one attached hydrogen (secondary N) is 2. The molecule has 0 saturated heterocycles. The molecule has 0 atom stereocenters. The van der Waals surface area contributed by atoms with Crippen molar-refractivity contribution in [1.29, 1.82) is 5.26 Å². The third kappa shape index (κ3) is 7.71. The fourth-order valence-corrected chi connectivity index (χ4v) is 1.78. The quantitative estimate of drug-likeness (QED) is 0.548. The number of nitriles is 1. The third-order valence-corrected chi connectivity index (χ3v) is 2.80. The highest BCUT2D eigenvalue weighted by molar-refractivity contribution is 5.97. The van der Waals surface area contributed by atoms with Crippen LogP contribution in [0.3, 0.4) is 0 Å². The Kier molecular flexibility index (Phi) is 10.2. The number of halogens is 3. The molecule has 4 nitrogen and oxygen atoms in total. The minimum atomic E-state index is -4.59. The molecule has 2 N–H and O–H groups in total. The van der Waals surface area contributed by atoms with E-state index in [9.17, 15) is 18.0 Å². The number of hydrogen-bond donors (Lipinski definition) is 2. The van der Waals surface area contributed by atoms with Gasteiger partial charge in [0.2, 0.25) is 0 Å². The summed E-state index contributed by atoms with van der Waals surface area (Å²) in [4.78, 5) is 12.0. The Bertz CT molecular complexity index is 713. The molecular weight excluding hydrogens is 343 g/mol. The Balaban J connectivity index is 0.00000301. The number of nitrogens with zero attached hydrogens (tertiary/aromatic N) is 1. The van der Waals surface area contributed by atoms with Crippen LogP contribution >= 0.6 is 0 Å². The average Bonchev–Trinajstić information content (AvgIpc) is 2.61. The van der Waals surface area contributed by atoms with Crippen molar-refractivity contribution >= 4 is 11.6 Å². The minimum Gasteiger partial charge on any atom is -0.351 e. The second kappa shape index (κ2) is 11.5. The molecule has 0 saturated carbocycles. The molecule has 0 heterocycles. The van der Waals surface area contributed by atoms with Crippen molar-refractivity contribution in [2.24, 2.45) is 0 Å². The van der Waals surface area contributed by atoms with Crippen molar-refractivity contribution in [2.45, 2.75) is 33.4 Å². The largest absolute Gasteiger partial charge is 0.416 e. The molecule has 0 bridgehead atoms. The summed E-state index contributed by atoms with van der Waals surface area (Å²) in [5, 5.41) is 13.7. The van der Waals surface area contributed by atoms with Crippen LogP contribution in [-0.4, -0.2) is 12.1 Å². The first-order chi connectivity index (χ1) is 12.3. The number of carbonyl (C=O) groups is 1. The zero-order valence-corrected chi connectivity index (χ0v) is 14.9. The van der Waals surface area contributed by atoms with E-state index in [-0.39, 0.29) is 12.1 Å². The molecule has 0 spiro atoms. The molecule has 1 rings (SSSR count). The Morgan fingerprint density at radius 3 is 2.50 bits per heavy atom. The van der Waals surface area contributed by atoms with E-state index in [4.69, 9.17) is 5.26 Å². The highest BCUT2D eigenvalue weighted by atomic mass is 19.4. The summed E-state index contributed by atoms with van der Waals surface area (Å²) < 4.78 is 39.1. The second-order valence-electron chi connectivity index (χ2n) is 4.62. The van der Waals surface area contributed by atoms with E-state index >= 15 is 0 Å². The van der Waals surface area contributed by atoms with Gasteiger partial charge in [-0.05, 0) is 36.9 Å². The van der Waals surface area contributed by atoms with E-state index in [0.717, 1.165) is 18.4 Å². The Hall–Kier alpha value is -3.01. The number of hydrogen-bond acceptors (Lipinski definition) is 3. The summed E-state index contributed by atoms with van der Waals surface area (Å²) in [6.07, 6.45) is -1.66. The van der Waals surface area contributed by atoms with Crippen molar-refractivity contribution in [3.63, 3.8) is 0 Å². The van der Waals surface area contributed by atoms with Crippen molar-refractivity contribution < 1.29 is 18.0 Å². The monoisotopic (exact) mass is 365 g/mol. The molecule has 1 amide bonds. The topological polar surface area (TPSA) is 64.9 Å². The van der Waals surface area contributed by atoms with E-state index in [1.54, 1.807) is 13.0 Å². The lowest BCUT2D eigenvalue weighted by Gasteiger charge is -2.13. The van der Waals surface area contributed by atoms with E-state index in [1.165, 1.54) is 18.2 Å². The highest BCUT2D eigenvalue weighted by Gasteiger charge is 2.32. The van der Waals surface area contributed by atoms with Crippen LogP contribution in [0, 0.1) is 11.3 Å². The Labute approximate surface area is 151 Å². The second-order valence-corrected chi connectivity index (χ2v) is 4.62. The molecule has 0 radical (unpaired) electrons. The van der Waals surface area contributed by atoms with Crippen molar-refractivity contribution in [2.75, 3.05) is 5.32 Å². The number of carbonyl (C=O) groups excluding carboxylic acids is 1. The molecule has 0 aliphatic rings. The molecule has 1 aromatic rings. The maximum absolute atomic E-state index is 13.0. The van der Waals surface area contributed by atoms with Gasteiger partial charge in [0.05, 0.1) is 17.2 Å². The standard InChI is InChI=1S/C17H16F3N3O.C2H6/c1-3-6-13(17(18,19)20)10-15(16(24)22-4-2)23-14-8-5-7-12(9-14)11-21;1-2/h4-10,23H,2-3H2,1H3,(H,22,24);1-2H3/b13-6-,15-10-;. The van der Waals surface area contributed by atoms with Crippen molar-refractivity contribution in [1.82, 2.24) is 5.32 Å². The highest BCUT2D eigenvalue weighted by Crippen LogP contribution is 2.28. The summed E-state index contributed by atoms with van der Waals surface area (Å²) in [5.74, 6) is -0.779. The number of alkyl halides is 3. The van der Waals surface area contributed by atoms with Gasteiger partial charge >= 0.3 is 6.18 Å². The molecule has 7 heteroatoms. The van der Waals surface area contributed by atoms with Gasteiger partial charge in [-0.1, -0.05) is 39.5 Å². The fraction of sp³-hybridized carbons (Fsp3) is 0.263. The van der Waals surface area contributed by atoms with Gasteiger partial charge in [-0.15, -0.1) is 0 Å². The van der Waals surface area contributed by atoms with E-state index < -0.39 is 17.7 Å². The van der Waals surface area contributed by atoms with Crippen LogP contribution in [-0.2, 0) is 4.79 Å². The molecule has 0 aliphatic carbocycles. The van der Waals surface area contributed by atoms with Gasteiger partial charge in [-0.2, -0.15) is 18.4 Å². The zero-order valence-electron chi connectivity index (χ0n) is 14.9. The number of allylic oxidation sites excluding steroid dienone is 3. The van der Waals surface area contributed by atoms with Crippen molar-refractivity contribution in [3.8, 4) is 6.07 Å². The van der Waals surface area contributed by atoms with E-state index in [1.807, 2.05) is 19.9 Å². The van der Waals surface area contributed by atoms with E-state index in [2.05, 4.69) is 17.2 Å². The molecule has 0 fully saturated rings. The summed E-state index contributed by atoms with van der Waals surface area (Å²) in [5.41, 5.74) is -0.633. The smallest absolute Gasteiger partial charge is 0.351 e. The number of amides is 1. The summed E-state index contributed by atoms with van der Waals surface area (Å²) >= 11 is 0. The minimum absolute atomic E-state index is 0.158. The predicted octanol–water partition coefficient (Wildman–Crippen LogP) is 5.04. The Morgan fingerprint density at radius 1 is 1.35 bits per heavy atom. The molecule has 0 unspecified atom stereocenters. The first kappa shape index (κ1) is 23.0. The molecule has 0 aromatic heterocycles.